The zero-order valence-corrected chi connectivity index (χ0v) is 22.2. The Bertz CT molecular complexity index is 1420. The van der Waals surface area contributed by atoms with Crippen LogP contribution >= 0.6 is 11.8 Å². The topological polar surface area (TPSA) is 131 Å². The summed E-state index contributed by atoms with van der Waals surface area (Å²) in [4.78, 5) is 16.6. The van der Waals surface area contributed by atoms with E-state index < -0.39 is 15.7 Å². The number of hydrazone groups is 1. The first-order valence-corrected chi connectivity index (χ1v) is 14.0. The zero-order chi connectivity index (χ0) is 26.6. The molecule has 2 aliphatic rings. The molecule has 1 amide bonds. The van der Waals surface area contributed by atoms with E-state index in [0.717, 1.165) is 28.1 Å². The Kier molecular flexibility index (Phi) is 7.98. The van der Waals surface area contributed by atoms with Crippen molar-refractivity contribution < 1.29 is 27.4 Å². The number of thioether (sulfide) groups is 1. The third kappa shape index (κ3) is 6.03. The Morgan fingerprint density at radius 3 is 2.46 bits per heavy atom. The van der Waals surface area contributed by atoms with Crippen LogP contribution < -0.4 is 14.2 Å². The Morgan fingerprint density at radius 2 is 1.76 bits per heavy atom. The number of carbonyl (C=O) groups is 1. The lowest BCUT2D eigenvalue weighted by molar-refractivity contribution is -0.114. The summed E-state index contributed by atoms with van der Waals surface area (Å²) in [6, 6.07) is 12.9. The zero-order valence-electron chi connectivity index (χ0n) is 20.6. The molecule has 0 radical (unpaired) electrons. The van der Waals surface area contributed by atoms with Gasteiger partial charge < -0.3 is 14.2 Å². The molecule has 0 spiro atoms. The number of amidine groups is 2. The van der Waals surface area contributed by atoms with Gasteiger partial charge in [0.2, 0.25) is 19.4 Å². The molecule has 12 heteroatoms. The van der Waals surface area contributed by atoms with Crippen molar-refractivity contribution >= 4 is 49.0 Å². The van der Waals surface area contributed by atoms with E-state index in [1.54, 1.807) is 18.2 Å². The van der Waals surface area contributed by atoms with E-state index in [9.17, 15) is 13.2 Å². The molecule has 2 aliphatic heterocycles. The van der Waals surface area contributed by atoms with Crippen molar-refractivity contribution in [2.75, 3.05) is 25.6 Å². The Hall–Kier alpha value is -3.64. The number of benzene rings is 2. The molecule has 0 bridgehead atoms. The molecule has 1 N–H and O–H groups in total. The second-order valence-electron chi connectivity index (χ2n) is 7.94. The third-order valence-electron chi connectivity index (χ3n) is 5.29. The number of sulfone groups is 1. The predicted molar refractivity (Wildman–Crippen MR) is 144 cm³/mol. The lowest BCUT2D eigenvalue weighted by Crippen LogP contribution is -2.35. The van der Waals surface area contributed by atoms with Gasteiger partial charge in [-0.3, -0.25) is 10.2 Å². The molecule has 37 heavy (non-hydrogen) atoms. The van der Waals surface area contributed by atoms with Crippen LogP contribution in [0.4, 0.5) is 0 Å². The van der Waals surface area contributed by atoms with Gasteiger partial charge in [0.05, 0.1) is 17.9 Å². The largest absolute Gasteiger partial charge is 0.490 e. The average Bonchev–Trinajstić information content (AvgIpc) is 3.32. The summed E-state index contributed by atoms with van der Waals surface area (Å²) in [6.07, 6.45) is 1.49. The normalized spacial score (nSPS) is 16.4. The second-order valence-corrected chi connectivity index (χ2v) is 11.3. The molecule has 0 saturated heterocycles. The maximum Gasteiger partial charge on any atom is 0.283 e. The van der Waals surface area contributed by atoms with Gasteiger partial charge in [0, 0.05) is 0 Å². The fourth-order valence-electron chi connectivity index (χ4n) is 3.34. The van der Waals surface area contributed by atoms with Crippen LogP contribution in [-0.2, 0) is 14.6 Å². The lowest BCUT2D eigenvalue weighted by Gasteiger charge is -2.20. The predicted octanol–water partition coefficient (Wildman–Crippen LogP) is 3.86. The van der Waals surface area contributed by atoms with E-state index in [4.69, 9.17) is 19.6 Å². The molecule has 2 aromatic rings. The molecule has 0 aliphatic carbocycles. The van der Waals surface area contributed by atoms with Crippen LogP contribution in [0.1, 0.15) is 25.0 Å². The first-order valence-electron chi connectivity index (χ1n) is 11.5. The van der Waals surface area contributed by atoms with Crippen LogP contribution in [0.5, 0.6) is 17.2 Å². The Balaban J connectivity index is 1.49. The number of aliphatic imine (C=N–C) groups is 1. The summed E-state index contributed by atoms with van der Waals surface area (Å²) in [6.45, 7) is 6.39. The van der Waals surface area contributed by atoms with Gasteiger partial charge in [-0.25, -0.2) is 8.42 Å². The Labute approximate surface area is 219 Å². The van der Waals surface area contributed by atoms with Gasteiger partial charge in [-0.2, -0.15) is 10.0 Å². The van der Waals surface area contributed by atoms with Gasteiger partial charge in [0.25, 0.3) is 5.91 Å². The monoisotopic (exact) mass is 542 g/mol. The maximum absolute atomic E-state index is 12.7. The minimum absolute atomic E-state index is 0.0224. The molecule has 10 nitrogen and oxygen atoms in total. The van der Waals surface area contributed by atoms with Crippen LogP contribution in [0.25, 0.3) is 6.08 Å². The van der Waals surface area contributed by atoms with E-state index in [-0.39, 0.29) is 26.7 Å². The van der Waals surface area contributed by atoms with E-state index in [1.807, 2.05) is 38.1 Å². The molecule has 0 atom stereocenters. The smallest absolute Gasteiger partial charge is 0.283 e. The van der Waals surface area contributed by atoms with E-state index >= 15 is 0 Å². The second kappa shape index (κ2) is 11.2. The highest BCUT2D eigenvalue weighted by Crippen LogP contribution is 2.32. The highest BCUT2D eigenvalue weighted by molar-refractivity contribution is 8.42. The van der Waals surface area contributed by atoms with Crippen molar-refractivity contribution in [3.8, 4) is 17.2 Å². The highest BCUT2D eigenvalue weighted by atomic mass is 32.3. The fraction of sp³-hybridized carbons (Fsp3) is 0.280. The molecule has 2 heterocycles. The van der Waals surface area contributed by atoms with E-state index in [2.05, 4.69) is 10.1 Å². The van der Waals surface area contributed by atoms with Crippen molar-refractivity contribution in [3.63, 3.8) is 0 Å². The maximum atomic E-state index is 12.7. The van der Waals surface area contributed by atoms with Crippen molar-refractivity contribution in [1.82, 2.24) is 5.01 Å². The number of carbonyl (C=O) groups excluding carboxylic acids is 1. The number of amides is 1. The van der Waals surface area contributed by atoms with Gasteiger partial charge in [0.1, 0.15) is 19.0 Å². The van der Waals surface area contributed by atoms with Gasteiger partial charge >= 0.3 is 0 Å². The van der Waals surface area contributed by atoms with E-state index in [1.165, 1.54) is 13.0 Å². The summed E-state index contributed by atoms with van der Waals surface area (Å²) in [5, 5.41) is 13.6. The van der Waals surface area contributed by atoms with Gasteiger partial charge in [0.15, 0.2) is 17.3 Å². The number of nitrogens with one attached hydrogen (secondary N) is 1. The first-order chi connectivity index (χ1) is 17.7. The van der Waals surface area contributed by atoms with Gasteiger partial charge in [-0.1, -0.05) is 30.7 Å². The van der Waals surface area contributed by atoms with Crippen molar-refractivity contribution in [2.24, 2.45) is 10.1 Å². The number of nitrogens with zero attached hydrogens (tertiary/aromatic N) is 3. The summed E-state index contributed by atoms with van der Waals surface area (Å²) in [5.74, 6) is 0.688. The summed E-state index contributed by atoms with van der Waals surface area (Å²) in [5.41, 5.74) is 1.71. The van der Waals surface area contributed by atoms with Crippen LogP contribution in [0.2, 0.25) is 0 Å². The third-order valence-corrected chi connectivity index (χ3v) is 8.38. The quantitative estimate of drug-likeness (QED) is 0.373. The summed E-state index contributed by atoms with van der Waals surface area (Å²) < 4.78 is 41.4. The van der Waals surface area contributed by atoms with Gasteiger partial charge in [-0.15, -0.1) is 5.10 Å². The molecule has 0 unspecified atom stereocenters. The molecular weight excluding hydrogens is 516 g/mol. The number of hydrogen-bond donors (Lipinski definition) is 1. The number of aryl methyl sites for hydroxylation is 1. The van der Waals surface area contributed by atoms with Crippen LogP contribution in [0, 0.1) is 12.3 Å². The fourth-order valence-corrected chi connectivity index (χ4v) is 5.50. The number of ether oxygens (including phenoxy) is 3. The molecule has 2 aromatic carbocycles. The Morgan fingerprint density at radius 1 is 1.03 bits per heavy atom. The number of fused-ring (bicyclic) bond motifs is 1. The number of hydrogen-bond acceptors (Lipinski definition) is 9. The van der Waals surface area contributed by atoms with Gasteiger partial charge in [-0.05, 0) is 61.5 Å². The molecule has 4 rings (SSSR count). The van der Waals surface area contributed by atoms with Crippen LogP contribution in [-0.4, -0.2) is 60.3 Å². The minimum atomic E-state index is -3.59. The summed E-state index contributed by atoms with van der Waals surface area (Å²) in [7, 11) is -3.59. The van der Waals surface area contributed by atoms with Crippen molar-refractivity contribution in [2.45, 2.75) is 20.8 Å². The lowest BCUT2D eigenvalue weighted by atomic mass is 10.1. The van der Waals surface area contributed by atoms with Crippen LogP contribution in [0.3, 0.4) is 0 Å². The first kappa shape index (κ1) is 26.4. The summed E-state index contributed by atoms with van der Waals surface area (Å²) >= 11 is 0.764. The number of rotatable bonds is 9. The van der Waals surface area contributed by atoms with E-state index in [0.29, 0.717) is 36.9 Å². The van der Waals surface area contributed by atoms with Crippen molar-refractivity contribution in [3.05, 3.63) is 59.2 Å². The minimum Gasteiger partial charge on any atom is -0.490 e. The molecule has 0 saturated carbocycles. The van der Waals surface area contributed by atoms with Crippen LogP contribution in [0.15, 0.2) is 58.1 Å². The SMILES string of the molecule is CCOc1cc(/C=C2/C(=N)N3N=C(S(=O)(=O)CC)SC3=NC2=O)ccc1OCCOc1ccc(C)cc1. The molecule has 0 fully saturated rings. The standard InChI is InChI=1S/C25H26N4O6S2/c1-4-33-21-15-17(8-11-20(21)35-13-12-34-18-9-6-16(3)7-10-18)14-19-22(26)29-24(27-23(19)30)36-25(28-29)37(31,32)5-2/h6-11,14-15,26H,4-5,12-13H2,1-3H3/b19-14-,26-22?. The average molecular weight is 543 g/mol. The van der Waals surface area contributed by atoms with Crippen molar-refractivity contribution in [1.29, 1.82) is 5.41 Å². The molecule has 194 valence electrons. The molecule has 0 aromatic heterocycles. The molecular formula is C25H26N4O6S2. The highest BCUT2D eigenvalue weighted by Gasteiger charge is 2.39.